The van der Waals surface area contributed by atoms with E-state index in [-0.39, 0.29) is 11.3 Å². The second-order valence-electron chi connectivity index (χ2n) is 6.14. The van der Waals surface area contributed by atoms with Crippen molar-refractivity contribution in [1.82, 2.24) is 0 Å². The van der Waals surface area contributed by atoms with Gasteiger partial charge >= 0.3 is 5.97 Å². The molecule has 1 N–H and O–H groups in total. The Bertz CT molecular complexity index is 443. The summed E-state index contributed by atoms with van der Waals surface area (Å²) in [5.74, 6) is -0.581. The van der Waals surface area contributed by atoms with E-state index < -0.39 is 14.0 Å². The summed E-state index contributed by atoms with van der Waals surface area (Å²) in [7, 11) is 0.579. The number of rotatable bonds is 1. The van der Waals surface area contributed by atoms with Gasteiger partial charge in [0.15, 0.2) is 0 Å². The molecule has 0 aliphatic carbocycles. The summed E-state index contributed by atoms with van der Waals surface area (Å²) >= 11 is 0. The van der Waals surface area contributed by atoms with E-state index >= 15 is 0 Å². The van der Waals surface area contributed by atoms with Crippen LogP contribution in [0.5, 0.6) is 5.75 Å². The van der Waals surface area contributed by atoms with Crippen LogP contribution < -0.4 is 0 Å². The van der Waals surface area contributed by atoms with E-state index in [9.17, 15) is 4.79 Å². The molecule has 0 aromatic heterocycles. The van der Waals surface area contributed by atoms with Gasteiger partial charge in [0.1, 0.15) is 11.3 Å². The van der Waals surface area contributed by atoms with Gasteiger partial charge < -0.3 is 9.84 Å². The molecule has 3 nitrogen and oxygen atoms in total. The number of phenolic OH excluding ortho intramolecular Hbond substituents is 1. The molecule has 20 heavy (non-hydrogen) atoms. The van der Waals surface area contributed by atoms with Crippen molar-refractivity contribution in [1.29, 1.82) is 0 Å². The van der Waals surface area contributed by atoms with Gasteiger partial charge in [0.2, 0.25) is 0 Å². The third-order valence-electron chi connectivity index (χ3n) is 4.35. The number of hydrogen-bond acceptors (Lipinski definition) is 3. The molecule has 0 amide bonds. The molecule has 0 spiro atoms. The van der Waals surface area contributed by atoms with E-state index in [1.807, 2.05) is 0 Å². The van der Waals surface area contributed by atoms with E-state index in [1.165, 1.54) is 38.5 Å². The Hall–Kier alpha value is -1.29. The van der Waals surface area contributed by atoms with Crippen LogP contribution in [-0.4, -0.2) is 26.3 Å². The maximum atomic E-state index is 10.9. The van der Waals surface area contributed by atoms with Crippen LogP contribution in [-0.2, 0) is 4.74 Å². The van der Waals surface area contributed by atoms with Crippen molar-refractivity contribution in [2.45, 2.75) is 50.9 Å². The molecule has 2 rings (SSSR count). The maximum absolute atomic E-state index is 10.9. The number of esters is 1. The van der Waals surface area contributed by atoms with Crippen LogP contribution in [0.25, 0.3) is 0 Å². The minimum atomic E-state index is -0.694. The van der Waals surface area contributed by atoms with Gasteiger partial charge in [0, 0.05) is 0 Å². The van der Waals surface area contributed by atoms with Crippen molar-refractivity contribution < 1.29 is 14.6 Å². The van der Waals surface area contributed by atoms with Gasteiger partial charge in [-0.2, -0.15) is 0 Å². The van der Waals surface area contributed by atoms with Gasteiger partial charge in [-0.3, -0.25) is 0 Å². The van der Waals surface area contributed by atoms with E-state index in [4.69, 9.17) is 5.11 Å². The molecule has 1 atom stereocenters. The van der Waals surface area contributed by atoms with Gasteiger partial charge in [0.05, 0.1) is 15.2 Å². The Balaban J connectivity index is 0.000000204. The molecule has 1 unspecified atom stereocenters. The standard InChI is InChI=1S/C8H8O3.C8H18Si/c1-11-8(10)6-4-2-3-5-7(6)9;1-8-6-4-5-7-9(8,2)3/h2-5,9H,1H3;8H,4-7H2,1-3H3. The average Bonchev–Trinajstić information content (AvgIpc) is 2.42. The molecule has 1 aliphatic rings. The highest BCUT2D eigenvalue weighted by Crippen LogP contribution is 2.36. The van der Waals surface area contributed by atoms with Crippen LogP contribution in [0.4, 0.5) is 0 Å². The summed E-state index contributed by atoms with van der Waals surface area (Å²) < 4.78 is 4.42. The zero-order valence-corrected chi connectivity index (χ0v) is 14.0. The van der Waals surface area contributed by atoms with Crippen LogP contribution >= 0.6 is 0 Å². The summed E-state index contributed by atoms with van der Waals surface area (Å²) in [6, 6.07) is 7.81. The number of carbonyl (C=O) groups is 1. The molecular weight excluding hydrogens is 268 g/mol. The Labute approximate surface area is 123 Å². The molecule has 1 aromatic carbocycles. The number of para-hydroxylation sites is 1. The first-order chi connectivity index (χ1) is 9.38. The van der Waals surface area contributed by atoms with Gasteiger partial charge in [-0.1, -0.05) is 57.5 Å². The summed E-state index contributed by atoms with van der Waals surface area (Å²) in [6.07, 6.45) is 4.53. The highest BCUT2D eigenvalue weighted by Gasteiger charge is 2.30. The summed E-state index contributed by atoms with van der Waals surface area (Å²) in [5, 5.41) is 9.11. The molecule has 1 aromatic rings. The molecule has 1 aliphatic heterocycles. The van der Waals surface area contributed by atoms with Crippen molar-refractivity contribution in [2.24, 2.45) is 0 Å². The fourth-order valence-corrected chi connectivity index (χ4v) is 5.06. The second-order valence-corrected chi connectivity index (χ2v) is 11.6. The lowest BCUT2D eigenvalue weighted by atomic mass is 10.2. The molecule has 1 heterocycles. The van der Waals surface area contributed by atoms with Crippen LogP contribution in [0.1, 0.15) is 36.5 Å². The van der Waals surface area contributed by atoms with Gasteiger partial charge in [0.25, 0.3) is 0 Å². The number of phenols is 1. The first-order valence-electron chi connectivity index (χ1n) is 7.25. The Kier molecular flexibility index (Phi) is 6.27. The minimum Gasteiger partial charge on any atom is -0.507 e. The Morgan fingerprint density at radius 3 is 2.40 bits per heavy atom. The van der Waals surface area contributed by atoms with Gasteiger partial charge in [-0.25, -0.2) is 4.79 Å². The topological polar surface area (TPSA) is 46.5 Å². The quantitative estimate of drug-likeness (QED) is 0.615. The van der Waals surface area contributed by atoms with Crippen LogP contribution in [0.15, 0.2) is 24.3 Å². The molecular formula is C16H26O3Si. The second kappa shape index (κ2) is 7.48. The zero-order valence-electron chi connectivity index (χ0n) is 13.0. The zero-order chi connectivity index (χ0) is 15.2. The summed E-state index contributed by atoms with van der Waals surface area (Å²) in [6.45, 7) is 7.53. The first kappa shape index (κ1) is 16.8. The number of methoxy groups -OCH3 is 1. The molecule has 0 bridgehead atoms. The lowest BCUT2D eigenvalue weighted by molar-refractivity contribution is 0.0597. The third kappa shape index (κ3) is 4.67. The summed E-state index contributed by atoms with van der Waals surface area (Å²) in [4.78, 5) is 10.9. The molecule has 0 radical (unpaired) electrons. The molecule has 1 saturated heterocycles. The number of ether oxygens (including phenoxy) is 1. The number of carbonyl (C=O) groups excluding carboxylic acids is 1. The van der Waals surface area contributed by atoms with Crippen molar-refractivity contribution in [3.05, 3.63) is 29.8 Å². The normalized spacial score (nSPS) is 20.5. The Morgan fingerprint density at radius 2 is 1.95 bits per heavy atom. The highest BCUT2D eigenvalue weighted by atomic mass is 28.3. The molecule has 4 heteroatoms. The monoisotopic (exact) mass is 294 g/mol. The van der Waals surface area contributed by atoms with Crippen molar-refractivity contribution in [3.63, 3.8) is 0 Å². The fourth-order valence-electron chi connectivity index (χ4n) is 2.42. The summed E-state index contributed by atoms with van der Waals surface area (Å²) in [5.41, 5.74) is 1.28. The first-order valence-corrected chi connectivity index (χ1v) is 10.5. The van der Waals surface area contributed by atoms with Crippen molar-refractivity contribution in [3.8, 4) is 5.75 Å². The van der Waals surface area contributed by atoms with Crippen LogP contribution in [0.3, 0.4) is 0 Å². The number of hydrogen-bond donors (Lipinski definition) is 1. The largest absolute Gasteiger partial charge is 0.507 e. The maximum Gasteiger partial charge on any atom is 0.341 e. The number of aromatic hydroxyl groups is 1. The molecule has 1 fully saturated rings. The molecule has 0 saturated carbocycles. The fraction of sp³-hybridized carbons (Fsp3) is 0.562. The van der Waals surface area contributed by atoms with Crippen molar-refractivity contribution in [2.75, 3.05) is 7.11 Å². The lowest BCUT2D eigenvalue weighted by Crippen LogP contribution is -2.33. The van der Waals surface area contributed by atoms with E-state index in [1.54, 1.807) is 18.2 Å². The average molecular weight is 294 g/mol. The van der Waals surface area contributed by atoms with E-state index in [2.05, 4.69) is 24.8 Å². The van der Waals surface area contributed by atoms with Gasteiger partial charge in [-0.15, -0.1) is 0 Å². The van der Waals surface area contributed by atoms with Crippen LogP contribution in [0, 0.1) is 0 Å². The van der Waals surface area contributed by atoms with E-state index in [0.29, 0.717) is 0 Å². The lowest BCUT2D eigenvalue weighted by Gasteiger charge is -2.34. The third-order valence-corrected chi connectivity index (χ3v) is 8.95. The van der Waals surface area contributed by atoms with E-state index in [0.717, 1.165) is 5.54 Å². The highest BCUT2D eigenvalue weighted by molar-refractivity contribution is 6.78. The SMILES string of the molecule is CC1CCCC[Si]1(C)C.COC(=O)c1ccccc1O. The minimum absolute atomic E-state index is 0.0562. The van der Waals surface area contributed by atoms with Gasteiger partial charge in [-0.05, 0) is 17.7 Å². The predicted octanol–water partition coefficient (Wildman–Crippen LogP) is 4.45. The number of benzene rings is 1. The van der Waals surface area contributed by atoms with Crippen molar-refractivity contribution >= 4 is 14.0 Å². The predicted molar refractivity (Wildman–Crippen MR) is 85.0 cm³/mol. The smallest absolute Gasteiger partial charge is 0.341 e. The Morgan fingerprint density at radius 1 is 1.30 bits per heavy atom. The van der Waals surface area contributed by atoms with Crippen LogP contribution in [0.2, 0.25) is 24.7 Å². The molecule has 112 valence electrons.